The van der Waals surface area contributed by atoms with Gasteiger partial charge in [-0.25, -0.2) is 13.1 Å². The van der Waals surface area contributed by atoms with Gasteiger partial charge in [-0.05, 0) is 38.1 Å². The molecule has 0 aliphatic heterocycles. The van der Waals surface area contributed by atoms with Crippen molar-refractivity contribution in [3.8, 4) is 0 Å². The Labute approximate surface area is 117 Å². The molecule has 4 N–H and O–H groups in total. The lowest BCUT2D eigenvalue weighted by molar-refractivity contribution is 0.0857. The molecule has 0 amide bonds. The maximum Gasteiger partial charge on any atom is 0.242 e. The van der Waals surface area contributed by atoms with Crippen LogP contribution >= 0.6 is 0 Å². The van der Waals surface area contributed by atoms with Crippen LogP contribution in [0, 0.1) is 0 Å². The van der Waals surface area contributed by atoms with Crippen LogP contribution in [0.3, 0.4) is 0 Å². The standard InChI is InChI=1S/C13H17N3O3S/c1-13(2,17)8-16-20(18,19)11-6-5-10(14)9-4-3-7-15-12(9)11/h3-7,16-17H,8,14H2,1-2H3. The lowest BCUT2D eigenvalue weighted by atomic mass is 10.1. The zero-order chi connectivity index (χ0) is 15.0. The van der Waals surface area contributed by atoms with Gasteiger partial charge >= 0.3 is 0 Å². The van der Waals surface area contributed by atoms with Gasteiger partial charge in [0, 0.05) is 23.8 Å². The fraction of sp³-hybridized carbons (Fsp3) is 0.308. The molecular formula is C13H17N3O3S. The minimum absolute atomic E-state index is 0.0477. The van der Waals surface area contributed by atoms with Crippen molar-refractivity contribution in [1.29, 1.82) is 0 Å². The summed E-state index contributed by atoms with van der Waals surface area (Å²) in [6.07, 6.45) is 1.51. The number of nitrogens with zero attached hydrogens (tertiary/aromatic N) is 1. The van der Waals surface area contributed by atoms with Crippen LogP contribution < -0.4 is 10.5 Å². The summed E-state index contributed by atoms with van der Waals surface area (Å²) in [6, 6.07) is 6.35. The molecular weight excluding hydrogens is 278 g/mol. The van der Waals surface area contributed by atoms with Crippen molar-refractivity contribution in [2.75, 3.05) is 12.3 Å². The Morgan fingerprint density at radius 3 is 2.70 bits per heavy atom. The van der Waals surface area contributed by atoms with Crippen molar-refractivity contribution in [3.63, 3.8) is 0 Å². The molecule has 0 spiro atoms. The quantitative estimate of drug-likeness (QED) is 0.726. The van der Waals surface area contributed by atoms with Gasteiger partial charge in [0.15, 0.2) is 0 Å². The van der Waals surface area contributed by atoms with E-state index in [1.807, 2.05) is 0 Å². The zero-order valence-electron chi connectivity index (χ0n) is 11.3. The highest BCUT2D eigenvalue weighted by Gasteiger charge is 2.22. The highest BCUT2D eigenvalue weighted by molar-refractivity contribution is 7.89. The van der Waals surface area contributed by atoms with Crippen LogP contribution in [0.4, 0.5) is 5.69 Å². The van der Waals surface area contributed by atoms with E-state index < -0.39 is 15.6 Å². The van der Waals surface area contributed by atoms with Crippen molar-refractivity contribution >= 4 is 26.6 Å². The number of nitrogens with two attached hydrogens (primary N) is 1. The minimum atomic E-state index is -3.76. The second-order valence-electron chi connectivity index (χ2n) is 5.19. The fourth-order valence-electron chi connectivity index (χ4n) is 1.73. The van der Waals surface area contributed by atoms with E-state index in [1.165, 1.54) is 32.2 Å². The first-order valence-electron chi connectivity index (χ1n) is 6.06. The molecule has 6 nitrogen and oxygen atoms in total. The second-order valence-corrected chi connectivity index (χ2v) is 6.92. The first kappa shape index (κ1) is 14.7. The van der Waals surface area contributed by atoms with E-state index in [2.05, 4.69) is 9.71 Å². The number of sulfonamides is 1. The summed E-state index contributed by atoms with van der Waals surface area (Å²) in [4.78, 5) is 4.14. The topological polar surface area (TPSA) is 105 Å². The molecule has 1 aromatic heterocycles. The van der Waals surface area contributed by atoms with E-state index in [1.54, 1.807) is 12.1 Å². The van der Waals surface area contributed by atoms with Crippen molar-refractivity contribution in [2.24, 2.45) is 0 Å². The molecule has 7 heteroatoms. The van der Waals surface area contributed by atoms with Gasteiger partial charge in [0.05, 0.1) is 11.1 Å². The van der Waals surface area contributed by atoms with Crippen molar-refractivity contribution in [3.05, 3.63) is 30.5 Å². The molecule has 0 atom stereocenters. The molecule has 0 bridgehead atoms. The van der Waals surface area contributed by atoms with Gasteiger partial charge in [-0.3, -0.25) is 4.98 Å². The Morgan fingerprint density at radius 1 is 1.35 bits per heavy atom. The van der Waals surface area contributed by atoms with Crippen molar-refractivity contribution in [2.45, 2.75) is 24.3 Å². The van der Waals surface area contributed by atoms with E-state index in [-0.39, 0.29) is 11.4 Å². The third-order valence-corrected chi connectivity index (χ3v) is 4.18. The summed E-state index contributed by atoms with van der Waals surface area (Å²) in [5, 5.41) is 10.2. The van der Waals surface area contributed by atoms with Gasteiger partial charge in [-0.2, -0.15) is 0 Å². The predicted octanol–water partition coefficient (Wildman–Crippen LogP) is 0.866. The summed E-state index contributed by atoms with van der Waals surface area (Å²) in [7, 11) is -3.76. The summed E-state index contributed by atoms with van der Waals surface area (Å²) in [5.41, 5.74) is 5.46. The van der Waals surface area contributed by atoms with Crippen molar-refractivity contribution in [1.82, 2.24) is 9.71 Å². The maximum atomic E-state index is 12.3. The smallest absolute Gasteiger partial charge is 0.242 e. The number of anilines is 1. The molecule has 0 aliphatic rings. The van der Waals surface area contributed by atoms with E-state index in [4.69, 9.17) is 5.73 Å². The summed E-state index contributed by atoms with van der Waals surface area (Å²) in [6.45, 7) is 2.96. The predicted molar refractivity (Wildman–Crippen MR) is 77.6 cm³/mol. The van der Waals surface area contributed by atoms with Gasteiger partial charge in [-0.15, -0.1) is 0 Å². The molecule has 108 valence electrons. The molecule has 0 fully saturated rings. The average Bonchev–Trinajstić information content (AvgIpc) is 2.36. The largest absolute Gasteiger partial charge is 0.398 e. The number of hydrogen-bond acceptors (Lipinski definition) is 5. The molecule has 0 aliphatic carbocycles. The first-order chi connectivity index (χ1) is 9.21. The number of aromatic nitrogens is 1. The molecule has 2 aromatic rings. The van der Waals surface area contributed by atoms with Crippen LogP contribution in [-0.4, -0.2) is 30.7 Å². The number of nitrogens with one attached hydrogen (secondary N) is 1. The fourth-order valence-corrected chi connectivity index (χ4v) is 3.10. The minimum Gasteiger partial charge on any atom is -0.398 e. The molecule has 0 unspecified atom stereocenters. The third-order valence-electron chi connectivity index (χ3n) is 2.75. The van der Waals surface area contributed by atoms with Crippen LogP contribution in [0.15, 0.2) is 35.4 Å². The number of nitrogen functional groups attached to an aromatic ring is 1. The van der Waals surface area contributed by atoms with Gasteiger partial charge in [0.2, 0.25) is 10.0 Å². The molecule has 1 heterocycles. The lowest BCUT2D eigenvalue weighted by Crippen LogP contribution is -2.38. The number of fused-ring (bicyclic) bond motifs is 1. The van der Waals surface area contributed by atoms with Crippen molar-refractivity contribution < 1.29 is 13.5 Å². The highest BCUT2D eigenvalue weighted by atomic mass is 32.2. The molecule has 0 radical (unpaired) electrons. The Morgan fingerprint density at radius 2 is 2.05 bits per heavy atom. The van der Waals surface area contributed by atoms with E-state index in [0.717, 1.165) is 0 Å². The maximum absolute atomic E-state index is 12.3. The lowest BCUT2D eigenvalue weighted by Gasteiger charge is -2.18. The zero-order valence-corrected chi connectivity index (χ0v) is 12.1. The Balaban J connectivity index is 2.50. The van der Waals surface area contributed by atoms with E-state index in [0.29, 0.717) is 16.6 Å². The Kier molecular flexibility index (Phi) is 3.68. The molecule has 0 saturated heterocycles. The summed E-state index contributed by atoms with van der Waals surface area (Å²) >= 11 is 0. The molecule has 2 rings (SSSR count). The van der Waals surface area contributed by atoms with E-state index >= 15 is 0 Å². The van der Waals surface area contributed by atoms with Crippen LogP contribution in [0.25, 0.3) is 10.9 Å². The average molecular weight is 295 g/mol. The van der Waals surface area contributed by atoms with E-state index in [9.17, 15) is 13.5 Å². The number of aliphatic hydroxyl groups is 1. The van der Waals surface area contributed by atoms with Gasteiger partial charge in [-0.1, -0.05) is 0 Å². The van der Waals surface area contributed by atoms with Gasteiger partial charge in [0.25, 0.3) is 0 Å². The Hall–Kier alpha value is -1.70. The number of hydrogen-bond donors (Lipinski definition) is 3. The first-order valence-corrected chi connectivity index (χ1v) is 7.54. The third kappa shape index (κ3) is 3.06. The monoisotopic (exact) mass is 295 g/mol. The van der Waals surface area contributed by atoms with Gasteiger partial charge < -0.3 is 10.8 Å². The number of benzene rings is 1. The number of rotatable bonds is 4. The van der Waals surface area contributed by atoms with Crippen LogP contribution in [0.2, 0.25) is 0 Å². The van der Waals surface area contributed by atoms with Gasteiger partial charge in [0.1, 0.15) is 4.90 Å². The second kappa shape index (κ2) is 5.01. The molecule has 1 aromatic carbocycles. The highest BCUT2D eigenvalue weighted by Crippen LogP contribution is 2.25. The normalized spacial score (nSPS) is 12.8. The Bertz CT molecular complexity index is 736. The SMILES string of the molecule is CC(C)(O)CNS(=O)(=O)c1ccc(N)c2cccnc12. The van der Waals surface area contributed by atoms with Crippen LogP contribution in [0.1, 0.15) is 13.8 Å². The number of pyridine rings is 1. The molecule has 0 saturated carbocycles. The molecule has 20 heavy (non-hydrogen) atoms. The van der Waals surface area contributed by atoms with Crippen LogP contribution in [-0.2, 0) is 10.0 Å². The van der Waals surface area contributed by atoms with Crippen LogP contribution in [0.5, 0.6) is 0 Å². The summed E-state index contributed by atoms with van der Waals surface area (Å²) in [5.74, 6) is 0. The summed E-state index contributed by atoms with van der Waals surface area (Å²) < 4.78 is 27.0.